The summed E-state index contributed by atoms with van der Waals surface area (Å²) in [5.41, 5.74) is 7.77. The van der Waals surface area contributed by atoms with Crippen LogP contribution in [-0.4, -0.2) is 16.4 Å². The van der Waals surface area contributed by atoms with Crippen molar-refractivity contribution in [2.45, 2.75) is 13.1 Å². The van der Waals surface area contributed by atoms with E-state index in [0.29, 0.717) is 19.7 Å². The Kier molecular flexibility index (Phi) is 4.22. The van der Waals surface area contributed by atoms with Gasteiger partial charge in [-0.15, -0.1) is 0 Å². The van der Waals surface area contributed by atoms with Crippen molar-refractivity contribution in [1.82, 2.24) is 9.78 Å². The number of nitrogens with zero attached hydrogens (tertiary/aromatic N) is 2. The van der Waals surface area contributed by atoms with Crippen LogP contribution in [0, 0.1) is 0 Å². The maximum Gasteiger partial charge on any atom is 0.120 e. The van der Waals surface area contributed by atoms with Gasteiger partial charge in [-0.3, -0.25) is 4.68 Å². The Morgan fingerprint density at radius 1 is 1.14 bits per heavy atom. The van der Waals surface area contributed by atoms with Crippen LogP contribution >= 0.6 is 15.9 Å². The van der Waals surface area contributed by atoms with Gasteiger partial charge in [0.25, 0.3) is 0 Å². The molecule has 0 radical (unpaired) electrons. The molecule has 21 heavy (non-hydrogen) atoms. The van der Waals surface area contributed by atoms with Crippen LogP contribution in [0.4, 0.5) is 0 Å². The van der Waals surface area contributed by atoms with Gasteiger partial charge in [0.05, 0.1) is 17.8 Å². The number of nitrogens with two attached hydrogens (primary N) is 1. The molecule has 0 amide bonds. The van der Waals surface area contributed by atoms with Gasteiger partial charge in [0.15, 0.2) is 0 Å². The Hall–Kier alpha value is -1.85. The van der Waals surface area contributed by atoms with E-state index in [2.05, 4.69) is 33.2 Å². The van der Waals surface area contributed by atoms with E-state index < -0.39 is 0 Å². The van der Waals surface area contributed by atoms with Gasteiger partial charge in [-0.25, -0.2) is 0 Å². The summed E-state index contributed by atoms with van der Waals surface area (Å²) in [7, 11) is 0. The molecule has 5 heteroatoms. The van der Waals surface area contributed by atoms with Crippen molar-refractivity contribution < 1.29 is 4.74 Å². The zero-order valence-electron chi connectivity index (χ0n) is 11.5. The summed E-state index contributed by atoms with van der Waals surface area (Å²) >= 11 is 3.43. The molecule has 3 aromatic rings. The van der Waals surface area contributed by atoms with Gasteiger partial charge in [-0.2, -0.15) is 5.10 Å². The molecule has 2 N–H and O–H groups in total. The molecule has 0 fully saturated rings. The summed E-state index contributed by atoms with van der Waals surface area (Å²) < 4.78 is 8.72. The average molecular weight is 346 g/mol. The standard InChI is InChI=1S/C16H16BrN3O/c17-12-4-3-5-13(10-12)21-9-8-20-16-7-2-1-6-14(16)15(11-18)19-20/h1-7,10H,8-9,11,18H2. The molecule has 0 aliphatic carbocycles. The van der Waals surface area contributed by atoms with E-state index >= 15 is 0 Å². The average Bonchev–Trinajstić information content (AvgIpc) is 2.86. The van der Waals surface area contributed by atoms with E-state index in [1.807, 2.05) is 41.1 Å². The second-order valence-corrected chi connectivity index (χ2v) is 5.61. The van der Waals surface area contributed by atoms with Crippen LogP contribution in [-0.2, 0) is 13.1 Å². The number of halogens is 1. The molecular formula is C16H16BrN3O. The summed E-state index contributed by atoms with van der Waals surface area (Å²) in [5, 5.41) is 5.67. The van der Waals surface area contributed by atoms with Gasteiger partial charge in [0, 0.05) is 16.4 Å². The Morgan fingerprint density at radius 2 is 2.00 bits per heavy atom. The first-order chi connectivity index (χ1) is 10.3. The molecule has 108 valence electrons. The number of ether oxygens (including phenoxy) is 1. The number of hydrogen-bond acceptors (Lipinski definition) is 3. The van der Waals surface area contributed by atoms with Crippen LogP contribution in [0.1, 0.15) is 5.69 Å². The SMILES string of the molecule is NCc1nn(CCOc2cccc(Br)c2)c2ccccc12. The molecule has 0 atom stereocenters. The van der Waals surface area contributed by atoms with Gasteiger partial charge in [0.1, 0.15) is 12.4 Å². The van der Waals surface area contributed by atoms with E-state index in [1.54, 1.807) is 0 Å². The fourth-order valence-corrected chi connectivity index (χ4v) is 2.70. The minimum absolute atomic E-state index is 0.444. The Morgan fingerprint density at radius 3 is 2.81 bits per heavy atom. The highest BCUT2D eigenvalue weighted by molar-refractivity contribution is 9.10. The summed E-state index contributed by atoms with van der Waals surface area (Å²) in [6.45, 7) is 1.69. The molecule has 0 saturated heterocycles. The molecular weight excluding hydrogens is 330 g/mol. The van der Waals surface area contributed by atoms with Gasteiger partial charge in [-0.05, 0) is 24.3 Å². The molecule has 1 aromatic heterocycles. The molecule has 0 aliphatic rings. The predicted molar refractivity (Wildman–Crippen MR) is 87.3 cm³/mol. The highest BCUT2D eigenvalue weighted by atomic mass is 79.9. The predicted octanol–water partition coefficient (Wildman–Crippen LogP) is 3.34. The van der Waals surface area contributed by atoms with E-state index in [4.69, 9.17) is 10.5 Å². The fourth-order valence-electron chi connectivity index (χ4n) is 2.32. The second-order valence-electron chi connectivity index (χ2n) is 4.70. The van der Waals surface area contributed by atoms with Crippen molar-refractivity contribution in [1.29, 1.82) is 0 Å². The number of benzene rings is 2. The van der Waals surface area contributed by atoms with Crippen LogP contribution < -0.4 is 10.5 Å². The van der Waals surface area contributed by atoms with Crippen molar-refractivity contribution in [3.63, 3.8) is 0 Å². The number of hydrogen-bond donors (Lipinski definition) is 1. The topological polar surface area (TPSA) is 53.1 Å². The summed E-state index contributed by atoms with van der Waals surface area (Å²) in [6.07, 6.45) is 0. The maximum absolute atomic E-state index is 5.76. The largest absolute Gasteiger partial charge is 0.492 e. The molecule has 0 bridgehead atoms. The highest BCUT2D eigenvalue weighted by Gasteiger charge is 2.08. The fraction of sp³-hybridized carbons (Fsp3) is 0.188. The Labute approximate surface area is 131 Å². The lowest BCUT2D eigenvalue weighted by Gasteiger charge is -2.07. The van der Waals surface area contributed by atoms with Crippen molar-refractivity contribution in [2.75, 3.05) is 6.61 Å². The van der Waals surface area contributed by atoms with Crippen molar-refractivity contribution in [3.05, 3.63) is 58.7 Å². The lowest BCUT2D eigenvalue weighted by atomic mass is 10.2. The summed E-state index contributed by atoms with van der Waals surface area (Å²) in [5.74, 6) is 0.847. The van der Waals surface area contributed by atoms with Crippen molar-refractivity contribution in [3.8, 4) is 5.75 Å². The van der Waals surface area contributed by atoms with Gasteiger partial charge < -0.3 is 10.5 Å². The summed E-state index contributed by atoms with van der Waals surface area (Å²) in [6, 6.07) is 15.9. The van der Waals surface area contributed by atoms with Gasteiger partial charge in [0.2, 0.25) is 0 Å². The highest BCUT2D eigenvalue weighted by Crippen LogP contribution is 2.19. The minimum Gasteiger partial charge on any atom is -0.492 e. The van der Waals surface area contributed by atoms with Crippen molar-refractivity contribution in [2.24, 2.45) is 5.73 Å². The van der Waals surface area contributed by atoms with Crippen LogP contribution in [0.2, 0.25) is 0 Å². The van der Waals surface area contributed by atoms with E-state index in [1.165, 1.54) is 0 Å². The first-order valence-corrected chi connectivity index (χ1v) is 7.60. The summed E-state index contributed by atoms with van der Waals surface area (Å²) in [4.78, 5) is 0. The third-order valence-corrected chi connectivity index (χ3v) is 3.79. The first kappa shape index (κ1) is 14.1. The number of fused-ring (bicyclic) bond motifs is 1. The quantitative estimate of drug-likeness (QED) is 0.771. The normalized spacial score (nSPS) is 11.0. The molecule has 0 saturated carbocycles. The molecule has 3 rings (SSSR count). The zero-order valence-corrected chi connectivity index (χ0v) is 13.1. The molecule has 1 heterocycles. The van der Waals surface area contributed by atoms with Crippen LogP contribution in [0.5, 0.6) is 5.75 Å². The number of para-hydroxylation sites is 1. The Bertz CT molecular complexity index is 754. The molecule has 0 spiro atoms. The van der Waals surface area contributed by atoms with Gasteiger partial charge in [-0.1, -0.05) is 40.2 Å². The zero-order chi connectivity index (χ0) is 14.7. The monoisotopic (exact) mass is 345 g/mol. The molecule has 0 unspecified atom stereocenters. The van der Waals surface area contributed by atoms with E-state index in [9.17, 15) is 0 Å². The van der Waals surface area contributed by atoms with E-state index in [-0.39, 0.29) is 0 Å². The van der Waals surface area contributed by atoms with Crippen LogP contribution in [0.3, 0.4) is 0 Å². The first-order valence-electron chi connectivity index (χ1n) is 6.81. The lowest BCUT2D eigenvalue weighted by molar-refractivity contribution is 0.293. The third-order valence-electron chi connectivity index (χ3n) is 3.30. The maximum atomic E-state index is 5.76. The Balaban J connectivity index is 1.73. The van der Waals surface area contributed by atoms with Gasteiger partial charge >= 0.3 is 0 Å². The molecule has 2 aromatic carbocycles. The smallest absolute Gasteiger partial charge is 0.120 e. The minimum atomic E-state index is 0.444. The molecule has 4 nitrogen and oxygen atoms in total. The molecule has 0 aliphatic heterocycles. The number of aromatic nitrogens is 2. The van der Waals surface area contributed by atoms with Crippen molar-refractivity contribution >= 4 is 26.8 Å². The van der Waals surface area contributed by atoms with Crippen LogP contribution in [0.15, 0.2) is 53.0 Å². The third kappa shape index (κ3) is 3.09. The second kappa shape index (κ2) is 6.28. The lowest BCUT2D eigenvalue weighted by Crippen LogP contribution is -2.10. The van der Waals surface area contributed by atoms with Crippen LogP contribution in [0.25, 0.3) is 10.9 Å². The number of rotatable bonds is 5. The van der Waals surface area contributed by atoms with E-state index in [0.717, 1.165) is 26.8 Å².